The molecule has 0 aliphatic carbocycles. The molecule has 0 fully saturated rings. The number of carbonyl (C=O) groups excluding carboxylic acids is 1. The first kappa shape index (κ1) is 17.0. The zero-order chi connectivity index (χ0) is 17.0. The molecule has 2 aromatic rings. The summed E-state index contributed by atoms with van der Waals surface area (Å²) in [6.07, 6.45) is 2.22. The predicted molar refractivity (Wildman–Crippen MR) is 89.2 cm³/mol. The fraction of sp³-hybridized carbons (Fsp3) is 0.412. The summed E-state index contributed by atoms with van der Waals surface area (Å²) in [5.41, 5.74) is 6.22. The number of pyridine rings is 1. The van der Waals surface area contributed by atoms with Gasteiger partial charge in [0, 0.05) is 19.6 Å². The van der Waals surface area contributed by atoms with Crippen LogP contribution >= 0.6 is 0 Å². The lowest BCUT2D eigenvalue weighted by atomic mass is 10.0. The summed E-state index contributed by atoms with van der Waals surface area (Å²) < 4.78 is 5.23. The Bertz CT molecular complexity index is 704. The summed E-state index contributed by atoms with van der Waals surface area (Å²) >= 11 is 0. The van der Waals surface area contributed by atoms with Gasteiger partial charge in [0.25, 0.3) is 11.5 Å². The molecule has 2 rings (SSSR count). The zero-order valence-corrected chi connectivity index (χ0v) is 13.7. The van der Waals surface area contributed by atoms with Gasteiger partial charge in [0.15, 0.2) is 0 Å². The molecule has 0 aromatic carbocycles. The predicted octanol–water partition coefficient (Wildman–Crippen LogP) is 2.08. The standard InChI is InChI=1S/C17H23N3O3/c1-11(2)13(18)8-9-20(3)17(22)12-6-7-14(19-16(12)21)15-5-4-10-23-15/h4-7,10-11,13H,8-9,18H2,1-3H3,(H,19,21). The molecule has 2 heterocycles. The Kier molecular flexibility index (Phi) is 5.39. The van der Waals surface area contributed by atoms with Gasteiger partial charge >= 0.3 is 0 Å². The van der Waals surface area contributed by atoms with Crippen LogP contribution in [-0.2, 0) is 0 Å². The molecule has 6 nitrogen and oxygen atoms in total. The number of nitrogens with zero attached hydrogens (tertiary/aromatic N) is 1. The minimum absolute atomic E-state index is 0.0323. The first-order valence-corrected chi connectivity index (χ1v) is 7.68. The third-order valence-corrected chi connectivity index (χ3v) is 3.93. The summed E-state index contributed by atoms with van der Waals surface area (Å²) in [7, 11) is 1.68. The molecule has 0 saturated heterocycles. The normalized spacial score (nSPS) is 12.4. The fourth-order valence-corrected chi connectivity index (χ4v) is 2.20. The van der Waals surface area contributed by atoms with Crippen molar-refractivity contribution >= 4 is 5.91 Å². The van der Waals surface area contributed by atoms with E-state index in [1.807, 2.05) is 13.8 Å². The lowest BCUT2D eigenvalue weighted by molar-refractivity contribution is 0.0787. The highest BCUT2D eigenvalue weighted by atomic mass is 16.3. The smallest absolute Gasteiger partial charge is 0.261 e. The van der Waals surface area contributed by atoms with Crippen molar-refractivity contribution in [2.24, 2.45) is 11.7 Å². The van der Waals surface area contributed by atoms with Gasteiger partial charge in [-0.1, -0.05) is 13.8 Å². The Labute approximate surface area is 135 Å². The van der Waals surface area contributed by atoms with Crippen molar-refractivity contribution in [1.82, 2.24) is 9.88 Å². The van der Waals surface area contributed by atoms with E-state index in [1.54, 1.807) is 25.2 Å². The van der Waals surface area contributed by atoms with Crippen LogP contribution in [0.4, 0.5) is 0 Å². The van der Waals surface area contributed by atoms with Crippen molar-refractivity contribution in [1.29, 1.82) is 0 Å². The number of H-pyrrole nitrogens is 1. The minimum Gasteiger partial charge on any atom is -0.463 e. The van der Waals surface area contributed by atoms with Crippen molar-refractivity contribution in [3.63, 3.8) is 0 Å². The van der Waals surface area contributed by atoms with Gasteiger partial charge < -0.3 is 20.0 Å². The van der Waals surface area contributed by atoms with Crippen molar-refractivity contribution < 1.29 is 9.21 Å². The third kappa shape index (κ3) is 4.10. The fourth-order valence-electron chi connectivity index (χ4n) is 2.20. The van der Waals surface area contributed by atoms with Gasteiger partial charge in [0.05, 0.1) is 12.0 Å². The molecule has 6 heteroatoms. The van der Waals surface area contributed by atoms with Crippen molar-refractivity contribution in [3.8, 4) is 11.5 Å². The van der Waals surface area contributed by atoms with E-state index >= 15 is 0 Å². The largest absolute Gasteiger partial charge is 0.463 e. The highest BCUT2D eigenvalue weighted by Crippen LogP contribution is 2.16. The van der Waals surface area contributed by atoms with Gasteiger partial charge in [0.2, 0.25) is 0 Å². The van der Waals surface area contributed by atoms with E-state index in [0.29, 0.717) is 30.3 Å². The molecule has 2 aromatic heterocycles. The monoisotopic (exact) mass is 317 g/mol. The number of carbonyl (C=O) groups is 1. The topological polar surface area (TPSA) is 92.3 Å². The second-order valence-electron chi connectivity index (χ2n) is 6.02. The summed E-state index contributed by atoms with van der Waals surface area (Å²) in [5, 5.41) is 0. The van der Waals surface area contributed by atoms with Crippen molar-refractivity contribution in [2.75, 3.05) is 13.6 Å². The molecule has 1 atom stereocenters. The summed E-state index contributed by atoms with van der Waals surface area (Å²) in [4.78, 5) is 28.7. The quantitative estimate of drug-likeness (QED) is 0.853. The van der Waals surface area contributed by atoms with Crippen LogP contribution in [0.1, 0.15) is 30.6 Å². The van der Waals surface area contributed by atoms with Crippen LogP contribution < -0.4 is 11.3 Å². The number of hydrogen-bond acceptors (Lipinski definition) is 4. The average Bonchev–Trinajstić information content (AvgIpc) is 3.05. The van der Waals surface area contributed by atoms with Crippen LogP contribution in [0.15, 0.2) is 39.7 Å². The molecular formula is C17H23N3O3. The second kappa shape index (κ2) is 7.28. The number of hydrogen-bond donors (Lipinski definition) is 2. The highest BCUT2D eigenvalue weighted by Gasteiger charge is 2.17. The maximum absolute atomic E-state index is 12.4. The molecule has 23 heavy (non-hydrogen) atoms. The molecule has 1 amide bonds. The van der Waals surface area contributed by atoms with Gasteiger partial charge in [-0.2, -0.15) is 0 Å². The number of rotatable bonds is 6. The zero-order valence-electron chi connectivity index (χ0n) is 13.7. The molecule has 3 N–H and O–H groups in total. The lowest BCUT2D eigenvalue weighted by Crippen LogP contribution is -2.36. The van der Waals surface area contributed by atoms with E-state index in [0.717, 1.165) is 0 Å². The van der Waals surface area contributed by atoms with Gasteiger partial charge in [0.1, 0.15) is 11.3 Å². The first-order chi connectivity index (χ1) is 10.9. The molecule has 1 unspecified atom stereocenters. The molecule has 0 radical (unpaired) electrons. The number of nitrogens with two attached hydrogens (primary N) is 1. The van der Waals surface area contributed by atoms with Crippen LogP contribution in [0.5, 0.6) is 0 Å². The summed E-state index contributed by atoms with van der Waals surface area (Å²) in [5.74, 6) is 0.597. The third-order valence-electron chi connectivity index (χ3n) is 3.93. The van der Waals surface area contributed by atoms with Crippen LogP contribution in [0.3, 0.4) is 0 Å². The van der Waals surface area contributed by atoms with Crippen molar-refractivity contribution in [3.05, 3.63) is 46.4 Å². The average molecular weight is 317 g/mol. The van der Waals surface area contributed by atoms with Gasteiger partial charge in [-0.3, -0.25) is 9.59 Å². The summed E-state index contributed by atoms with van der Waals surface area (Å²) in [6, 6.07) is 6.70. The van der Waals surface area contributed by atoms with E-state index in [9.17, 15) is 9.59 Å². The molecular weight excluding hydrogens is 294 g/mol. The van der Waals surface area contributed by atoms with Crippen LogP contribution in [0, 0.1) is 5.92 Å². The molecule has 0 aliphatic heterocycles. The van der Waals surface area contributed by atoms with Crippen LogP contribution in [0.25, 0.3) is 11.5 Å². The van der Waals surface area contributed by atoms with Crippen molar-refractivity contribution in [2.45, 2.75) is 26.3 Å². The molecule has 0 saturated carbocycles. The Balaban J connectivity index is 2.09. The molecule has 0 aliphatic rings. The molecule has 0 bridgehead atoms. The first-order valence-electron chi connectivity index (χ1n) is 7.68. The minimum atomic E-state index is -0.427. The van der Waals surface area contributed by atoms with E-state index in [1.165, 1.54) is 17.2 Å². The van der Waals surface area contributed by atoms with E-state index < -0.39 is 5.56 Å². The van der Waals surface area contributed by atoms with Crippen LogP contribution in [0.2, 0.25) is 0 Å². The van der Waals surface area contributed by atoms with Crippen LogP contribution in [-0.4, -0.2) is 35.4 Å². The number of furan rings is 1. The second-order valence-corrected chi connectivity index (χ2v) is 6.02. The highest BCUT2D eigenvalue weighted by molar-refractivity contribution is 5.93. The number of aromatic amines is 1. The summed E-state index contributed by atoms with van der Waals surface area (Å²) in [6.45, 7) is 4.60. The van der Waals surface area contributed by atoms with Gasteiger partial charge in [-0.05, 0) is 36.6 Å². The Morgan fingerprint density at radius 2 is 2.09 bits per heavy atom. The van der Waals surface area contributed by atoms with E-state index in [-0.39, 0.29) is 17.5 Å². The maximum Gasteiger partial charge on any atom is 0.261 e. The van der Waals surface area contributed by atoms with Gasteiger partial charge in [-0.25, -0.2) is 0 Å². The maximum atomic E-state index is 12.4. The van der Waals surface area contributed by atoms with E-state index in [4.69, 9.17) is 10.2 Å². The van der Waals surface area contributed by atoms with Gasteiger partial charge in [-0.15, -0.1) is 0 Å². The Morgan fingerprint density at radius 1 is 1.35 bits per heavy atom. The SMILES string of the molecule is CC(C)C(N)CCN(C)C(=O)c1ccc(-c2ccco2)[nH]c1=O. The lowest BCUT2D eigenvalue weighted by Gasteiger charge is -2.21. The Morgan fingerprint density at radius 3 is 2.65 bits per heavy atom. The Hall–Kier alpha value is -2.34. The number of nitrogens with one attached hydrogen (secondary N) is 1. The number of amides is 1. The molecule has 0 spiro atoms. The number of aromatic nitrogens is 1. The molecule has 124 valence electrons. The van der Waals surface area contributed by atoms with E-state index in [2.05, 4.69) is 4.98 Å².